The molecule has 0 aliphatic heterocycles. The summed E-state index contributed by atoms with van der Waals surface area (Å²) in [5.74, 6) is 0. The highest BCUT2D eigenvalue weighted by atomic mass is 32.1. The predicted molar refractivity (Wildman–Crippen MR) is 137 cm³/mol. The highest BCUT2D eigenvalue weighted by Gasteiger charge is 2.07. The molecule has 2 nitrogen and oxygen atoms in total. The molecule has 32 heavy (non-hydrogen) atoms. The van der Waals surface area contributed by atoms with Crippen molar-refractivity contribution >= 4 is 33.4 Å². The minimum atomic E-state index is 1.05. The van der Waals surface area contributed by atoms with Crippen molar-refractivity contribution in [2.75, 3.05) is 0 Å². The molecule has 0 spiro atoms. The third kappa shape index (κ3) is 3.64. The largest absolute Gasteiger partial charge is 0.245 e. The van der Waals surface area contributed by atoms with Gasteiger partial charge in [0, 0.05) is 34.3 Å². The van der Waals surface area contributed by atoms with E-state index in [0.29, 0.717) is 0 Å². The summed E-state index contributed by atoms with van der Waals surface area (Å²) in [5.41, 5.74) is 7.17. The Bertz CT molecular complexity index is 1400. The lowest BCUT2D eigenvalue weighted by molar-refractivity contribution is 1.41. The first-order valence-electron chi connectivity index (χ1n) is 10.4. The summed E-state index contributed by atoms with van der Waals surface area (Å²) in [6, 6.07) is 30.6. The van der Waals surface area contributed by atoms with Crippen LogP contribution in [0, 0.1) is 0 Å². The Balaban J connectivity index is 1.36. The zero-order valence-corrected chi connectivity index (χ0v) is 18.7. The zero-order valence-electron chi connectivity index (χ0n) is 17.1. The number of hydrogen-bond donors (Lipinski definition) is 0. The number of aromatic nitrogens is 2. The first-order chi connectivity index (χ1) is 15.8. The Morgan fingerprint density at radius 3 is 1.31 bits per heavy atom. The quantitative estimate of drug-likeness (QED) is 0.271. The van der Waals surface area contributed by atoms with E-state index >= 15 is 0 Å². The van der Waals surface area contributed by atoms with Crippen molar-refractivity contribution in [1.82, 2.24) is 9.97 Å². The van der Waals surface area contributed by atoms with Gasteiger partial charge in [-0.2, -0.15) is 0 Å². The van der Waals surface area contributed by atoms with Gasteiger partial charge in [0.25, 0.3) is 0 Å². The van der Waals surface area contributed by atoms with Gasteiger partial charge in [0.2, 0.25) is 0 Å². The second-order valence-corrected chi connectivity index (χ2v) is 9.40. The molecule has 2 heterocycles. The van der Waals surface area contributed by atoms with Crippen molar-refractivity contribution in [3.8, 4) is 43.4 Å². The normalized spacial score (nSPS) is 11.1. The van der Waals surface area contributed by atoms with Gasteiger partial charge < -0.3 is 0 Å². The molecule has 4 aromatic carbocycles. The minimum absolute atomic E-state index is 1.05. The summed E-state index contributed by atoms with van der Waals surface area (Å²) >= 11 is 3.34. The first-order valence-corrected chi connectivity index (χ1v) is 12.1. The number of fused-ring (bicyclic) bond motifs is 1. The maximum atomic E-state index is 4.45. The zero-order chi connectivity index (χ0) is 21.3. The van der Waals surface area contributed by atoms with E-state index in [1.165, 1.54) is 33.0 Å². The molecule has 0 atom stereocenters. The number of hydrogen-bond acceptors (Lipinski definition) is 4. The fourth-order valence-corrected chi connectivity index (χ4v) is 5.27. The third-order valence-electron chi connectivity index (χ3n) is 5.59. The number of benzene rings is 4. The third-order valence-corrected chi connectivity index (χ3v) is 7.23. The second kappa shape index (κ2) is 8.15. The SMILES string of the molecule is c1cc(-c2ccc3cc(-c4cccc(-c5nccs5)c4)ccc3c2)cc(-c2nccs2)c1. The smallest absolute Gasteiger partial charge is 0.123 e. The Morgan fingerprint density at radius 1 is 0.438 bits per heavy atom. The van der Waals surface area contributed by atoms with Crippen molar-refractivity contribution in [3.63, 3.8) is 0 Å². The summed E-state index contributed by atoms with van der Waals surface area (Å²) in [7, 11) is 0. The maximum absolute atomic E-state index is 4.45. The lowest BCUT2D eigenvalue weighted by Crippen LogP contribution is -1.84. The van der Waals surface area contributed by atoms with Crippen LogP contribution >= 0.6 is 22.7 Å². The van der Waals surface area contributed by atoms with E-state index in [4.69, 9.17) is 0 Å². The van der Waals surface area contributed by atoms with Crippen LogP contribution in [0.2, 0.25) is 0 Å². The molecule has 0 amide bonds. The molecule has 0 radical (unpaired) electrons. The molecular formula is C28H18N2S2. The van der Waals surface area contributed by atoms with Gasteiger partial charge in [-0.05, 0) is 57.3 Å². The van der Waals surface area contributed by atoms with Crippen LogP contribution in [0.1, 0.15) is 0 Å². The van der Waals surface area contributed by atoms with E-state index < -0.39 is 0 Å². The average Bonchev–Trinajstić information content (AvgIpc) is 3.59. The summed E-state index contributed by atoms with van der Waals surface area (Å²) in [5, 5.41) is 8.61. The minimum Gasteiger partial charge on any atom is -0.245 e. The van der Waals surface area contributed by atoms with Gasteiger partial charge in [-0.3, -0.25) is 0 Å². The molecule has 2 aromatic heterocycles. The Labute approximate surface area is 194 Å². The molecule has 0 unspecified atom stereocenters. The number of thiazole rings is 2. The molecule has 6 aromatic rings. The summed E-state index contributed by atoms with van der Waals surface area (Å²) in [6.07, 6.45) is 3.71. The number of nitrogens with zero attached hydrogens (tertiary/aromatic N) is 2. The molecule has 0 fully saturated rings. The molecule has 0 saturated heterocycles. The van der Waals surface area contributed by atoms with E-state index in [9.17, 15) is 0 Å². The van der Waals surface area contributed by atoms with Gasteiger partial charge in [0.15, 0.2) is 0 Å². The number of rotatable bonds is 4. The van der Waals surface area contributed by atoms with Crippen molar-refractivity contribution in [2.45, 2.75) is 0 Å². The lowest BCUT2D eigenvalue weighted by atomic mass is 9.96. The highest BCUT2D eigenvalue weighted by molar-refractivity contribution is 7.13. The molecule has 152 valence electrons. The monoisotopic (exact) mass is 446 g/mol. The second-order valence-electron chi connectivity index (χ2n) is 7.61. The van der Waals surface area contributed by atoms with Crippen LogP contribution < -0.4 is 0 Å². The van der Waals surface area contributed by atoms with Crippen molar-refractivity contribution in [3.05, 3.63) is 108 Å². The highest BCUT2D eigenvalue weighted by Crippen LogP contribution is 2.32. The van der Waals surface area contributed by atoms with Crippen LogP contribution in [0.25, 0.3) is 54.2 Å². The van der Waals surface area contributed by atoms with E-state index in [2.05, 4.69) is 94.9 Å². The fraction of sp³-hybridized carbons (Fsp3) is 0. The predicted octanol–water partition coefficient (Wildman–Crippen LogP) is 8.42. The summed E-state index contributed by atoms with van der Waals surface area (Å²) < 4.78 is 0. The Morgan fingerprint density at radius 2 is 0.875 bits per heavy atom. The topological polar surface area (TPSA) is 25.8 Å². The fourth-order valence-electron chi connectivity index (χ4n) is 4.00. The van der Waals surface area contributed by atoms with Gasteiger partial charge in [-0.1, -0.05) is 60.7 Å². The molecule has 0 N–H and O–H groups in total. The van der Waals surface area contributed by atoms with Crippen LogP contribution in [0.15, 0.2) is 108 Å². The van der Waals surface area contributed by atoms with E-state index in [1.54, 1.807) is 22.7 Å². The molecular weight excluding hydrogens is 428 g/mol. The van der Waals surface area contributed by atoms with Gasteiger partial charge in [0.05, 0.1) is 0 Å². The van der Waals surface area contributed by atoms with Crippen LogP contribution in [0.5, 0.6) is 0 Å². The molecule has 0 aliphatic carbocycles. The van der Waals surface area contributed by atoms with Gasteiger partial charge in [-0.15, -0.1) is 22.7 Å². The molecule has 0 aliphatic rings. The van der Waals surface area contributed by atoms with Gasteiger partial charge in [-0.25, -0.2) is 9.97 Å². The van der Waals surface area contributed by atoms with E-state index in [-0.39, 0.29) is 0 Å². The maximum Gasteiger partial charge on any atom is 0.123 e. The first kappa shape index (κ1) is 19.1. The summed E-state index contributed by atoms with van der Waals surface area (Å²) in [6.45, 7) is 0. The molecule has 4 heteroatoms. The molecule has 0 saturated carbocycles. The molecule has 0 bridgehead atoms. The van der Waals surface area contributed by atoms with Crippen molar-refractivity contribution in [1.29, 1.82) is 0 Å². The van der Waals surface area contributed by atoms with E-state index in [0.717, 1.165) is 21.1 Å². The lowest BCUT2D eigenvalue weighted by Gasteiger charge is -2.09. The van der Waals surface area contributed by atoms with Gasteiger partial charge in [0.1, 0.15) is 10.0 Å². The van der Waals surface area contributed by atoms with Gasteiger partial charge >= 0.3 is 0 Å². The summed E-state index contributed by atoms with van der Waals surface area (Å²) in [4.78, 5) is 8.89. The van der Waals surface area contributed by atoms with Crippen molar-refractivity contribution < 1.29 is 0 Å². The van der Waals surface area contributed by atoms with Crippen LogP contribution in [-0.2, 0) is 0 Å². The van der Waals surface area contributed by atoms with Crippen LogP contribution in [0.4, 0.5) is 0 Å². The van der Waals surface area contributed by atoms with Crippen molar-refractivity contribution in [2.24, 2.45) is 0 Å². The Hall–Kier alpha value is -3.60. The standard InChI is InChI=1S/C28H18N2S2/c1-3-19(17-25(5-1)27-29-11-13-31-27)21-7-9-24-16-22(8-10-23(24)15-21)20-4-2-6-26(18-20)28-30-12-14-32-28/h1-18H. The van der Waals surface area contributed by atoms with Crippen LogP contribution in [0.3, 0.4) is 0 Å². The van der Waals surface area contributed by atoms with Crippen LogP contribution in [-0.4, -0.2) is 9.97 Å². The Kier molecular flexibility index (Phi) is 4.87. The molecule has 6 rings (SSSR count). The average molecular weight is 447 g/mol. The van der Waals surface area contributed by atoms with E-state index in [1.807, 2.05) is 23.2 Å².